The molecule has 1 aromatic heterocycles. The minimum Gasteiger partial charge on any atom is -0.444 e. The Morgan fingerprint density at radius 1 is 1.07 bits per heavy atom. The van der Waals surface area contributed by atoms with Crippen molar-refractivity contribution in [2.45, 2.75) is 26.0 Å². The maximum Gasteiger partial charge on any atom is 0.413 e. The van der Waals surface area contributed by atoms with Crippen molar-refractivity contribution in [2.75, 3.05) is 6.73 Å². The monoisotopic (exact) mass is 402 g/mol. The van der Waals surface area contributed by atoms with Crippen LogP contribution in [-0.2, 0) is 27.3 Å². The van der Waals surface area contributed by atoms with Crippen molar-refractivity contribution >= 4 is 12.1 Å². The molecule has 0 aliphatic carbocycles. The fraction of sp³-hybridized carbons (Fsp3) is 0.208. The number of esters is 1. The number of rotatable bonds is 5. The number of hydrogen-bond donors (Lipinski definition) is 0. The molecule has 3 aromatic rings. The van der Waals surface area contributed by atoms with Gasteiger partial charge in [0.05, 0.1) is 5.69 Å². The van der Waals surface area contributed by atoms with Crippen LogP contribution in [0.2, 0.25) is 0 Å². The molecule has 1 saturated heterocycles. The lowest BCUT2D eigenvalue weighted by molar-refractivity contribution is -0.139. The molecular weight excluding hydrogens is 380 g/mol. The van der Waals surface area contributed by atoms with Crippen LogP contribution in [0.25, 0.3) is 11.3 Å². The number of carbonyl (C=O) groups excluding carboxylic acids is 2. The number of ether oxygens (including phenoxy) is 2. The van der Waals surface area contributed by atoms with Crippen LogP contribution >= 0.6 is 0 Å². The molecule has 30 heavy (non-hydrogen) atoms. The van der Waals surface area contributed by atoms with Crippen molar-refractivity contribution < 1.29 is 19.1 Å². The third kappa shape index (κ3) is 4.33. The second-order valence-corrected chi connectivity index (χ2v) is 7.19. The van der Waals surface area contributed by atoms with E-state index in [1.54, 1.807) is 6.20 Å². The summed E-state index contributed by atoms with van der Waals surface area (Å²) in [6.45, 7) is 2.08. The summed E-state index contributed by atoms with van der Waals surface area (Å²) >= 11 is 0. The van der Waals surface area contributed by atoms with Gasteiger partial charge in [-0.05, 0) is 29.7 Å². The highest BCUT2D eigenvalue weighted by molar-refractivity contribution is 5.84. The van der Waals surface area contributed by atoms with Crippen LogP contribution in [0.1, 0.15) is 16.7 Å². The molecule has 1 aliphatic rings. The highest BCUT2D eigenvalue weighted by atomic mass is 16.6. The summed E-state index contributed by atoms with van der Waals surface area (Å²) in [5.41, 5.74) is 4.80. The van der Waals surface area contributed by atoms with E-state index in [9.17, 15) is 9.59 Å². The van der Waals surface area contributed by atoms with Crippen LogP contribution in [0, 0.1) is 6.92 Å². The lowest BCUT2D eigenvalue weighted by Gasteiger charge is -2.19. The van der Waals surface area contributed by atoms with Crippen LogP contribution in [0.3, 0.4) is 0 Å². The zero-order valence-corrected chi connectivity index (χ0v) is 16.7. The maximum absolute atomic E-state index is 12.5. The van der Waals surface area contributed by atoms with Crippen molar-refractivity contribution in [3.05, 3.63) is 89.6 Å². The van der Waals surface area contributed by atoms with E-state index in [1.165, 1.54) is 4.90 Å². The molecule has 2 heterocycles. The van der Waals surface area contributed by atoms with Gasteiger partial charge in [-0.25, -0.2) is 9.59 Å². The van der Waals surface area contributed by atoms with E-state index in [2.05, 4.69) is 4.98 Å². The first-order valence-corrected chi connectivity index (χ1v) is 9.77. The molecule has 152 valence electrons. The highest BCUT2D eigenvalue weighted by Gasteiger charge is 2.38. The van der Waals surface area contributed by atoms with Gasteiger partial charge in [-0.15, -0.1) is 0 Å². The molecular formula is C24H22N2O4. The Labute approximate surface area is 175 Å². The molecule has 0 spiro atoms. The number of benzene rings is 2. The molecule has 0 N–H and O–H groups in total. The normalized spacial score (nSPS) is 15.7. The van der Waals surface area contributed by atoms with Gasteiger partial charge >= 0.3 is 12.1 Å². The van der Waals surface area contributed by atoms with Gasteiger partial charge in [-0.2, -0.15) is 0 Å². The first-order chi connectivity index (χ1) is 14.6. The van der Waals surface area contributed by atoms with Crippen LogP contribution in [0.5, 0.6) is 0 Å². The number of carbonyl (C=O) groups is 2. The van der Waals surface area contributed by atoms with E-state index in [0.717, 1.165) is 27.9 Å². The predicted octanol–water partition coefficient (Wildman–Crippen LogP) is 4.12. The average molecular weight is 402 g/mol. The molecule has 2 aromatic carbocycles. The van der Waals surface area contributed by atoms with E-state index in [4.69, 9.17) is 9.47 Å². The molecule has 6 nitrogen and oxygen atoms in total. The average Bonchev–Trinajstić information content (AvgIpc) is 3.14. The second-order valence-electron chi connectivity index (χ2n) is 7.19. The van der Waals surface area contributed by atoms with Gasteiger partial charge in [0.15, 0.2) is 6.73 Å². The molecule has 6 heteroatoms. The fourth-order valence-corrected chi connectivity index (χ4v) is 3.41. The van der Waals surface area contributed by atoms with Crippen molar-refractivity contribution in [3.63, 3.8) is 0 Å². The number of amides is 1. The minimum absolute atomic E-state index is 0.105. The summed E-state index contributed by atoms with van der Waals surface area (Å²) in [6, 6.07) is 20.6. The Kier molecular flexibility index (Phi) is 5.75. The van der Waals surface area contributed by atoms with Gasteiger partial charge in [0.2, 0.25) is 0 Å². The van der Waals surface area contributed by atoms with Crippen LogP contribution in [0.4, 0.5) is 4.79 Å². The third-order valence-electron chi connectivity index (χ3n) is 5.11. The number of nitrogens with zero attached hydrogens (tertiary/aromatic N) is 2. The number of hydrogen-bond acceptors (Lipinski definition) is 5. The Hall–Kier alpha value is -3.67. The van der Waals surface area contributed by atoms with E-state index in [0.29, 0.717) is 6.42 Å². The van der Waals surface area contributed by atoms with Gasteiger partial charge in [-0.1, -0.05) is 60.7 Å². The Morgan fingerprint density at radius 3 is 2.57 bits per heavy atom. The van der Waals surface area contributed by atoms with E-state index in [1.807, 2.05) is 73.7 Å². The predicted molar refractivity (Wildman–Crippen MR) is 111 cm³/mol. The van der Waals surface area contributed by atoms with E-state index in [-0.39, 0.29) is 13.3 Å². The van der Waals surface area contributed by atoms with Gasteiger partial charge in [0, 0.05) is 18.2 Å². The molecule has 1 amide bonds. The highest BCUT2D eigenvalue weighted by Crippen LogP contribution is 2.23. The topological polar surface area (TPSA) is 68.7 Å². The number of pyridine rings is 1. The number of cyclic esters (lactones) is 1. The van der Waals surface area contributed by atoms with Crippen molar-refractivity contribution in [2.24, 2.45) is 0 Å². The summed E-state index contributed by atoms with van der Waals surface area (Å²) < 4.78 is 10.5. The number of aromatic nitrogens is 1. The largest absolute Gasteiger partial charge is 0.444 e. The summed E-state index contributed by atoms with van der Waals surface area (Å²) in [6.07, 6.45) is 1.49. The maximum atomic E-state index is 12.5. The molecule has 1 fully saturated rings. The van der Waals surface area contributed by atoms with Crippen LogP contribution in [-0.4, -0.2) is 34.7 Å². The van der Waals surface area contributed by atoms with E-state index >= 15 is 0 Å². The van der Waals surface area contributed by atoms with Crippen LogP contribution in [0.15, 0.2) is 72.9 Å². The third-order valence-corrected chi connectivity index (χ3v) is 5.11. The molecule has 4 rings (SSSR count). The van der Waals surface area contributed by atoms with Gasteiger partial charge in [0.25, 0.3) is 0 Å². The lowest BCUT2D eigenvalue weighted by Crippen LogP contribution is -2.39. The molecule has 1 atom stereocenters. The van der Waals surface area contributed by atoms with Crippen LogP contribution < -0.4 is 0 Å². The lowest BCUT2D eigenvalue weighted by atomic mass is 10.0. The van der Waals surface area contributed by atoms with Gasteiger partial charge < -0.3 is 9.47 Å². The zero-order chi connectivity index (χ0) is 20.9. The Bertz CT molecular complexity index is 1030. The molecule has 0 radical (unpaired) electrons. The summed E-state index contributed by atoms with van der Waals surface area (Å²) in [5.74, 6) is -0.436. The fourth-order valence-electron chi connectivity index (χ4n) is 3.41. The Morgan fingerprint density at radius 2 is 1.83 bits per heavy atom. The summed E-state index contributed by atoms with van der Waals surface area (Å²) in [7, 11) is 0. The smallest absolute Gasteiger partial charge is 0.413 e. The standard InChI is InChI=1S/C24H22N2O4/c1-17-7-5-6-10-20(17)21-12-11-19(14-25-21)13-22-23(27)30-16-26(22)24(28)29-15-18-8-3-2-4-9-18/h2-12,14,22H,13,15-16H2,1H3. The zero-order valence-electron chi connectivity index (χ0n) is 16.7. The van der Waals surface area contributed by atoms with Crippen molar-refractivity contribution in [3.8, 4) is 11.3 Å². The quantitative estimate of drug-likeness (QED) is 0.601. The van der Waals surface area contributed by atoms with Crippen molar-refractivity contribution in [1.29, 1.82) is 0 Å². The Balaban J connectivity index is 1.42. The SMILES string of the molecule is Cc1ccccc1-c1ccc(CC2C(=O)OCN2C(=O)OCc2ccccc2)cn1. The van der Waals surface area contributed by atoms with Gasteiger partial charge in [0.1, 0.15) is 12.6 Å². The summed E-state index contributed by atoms with van der Waals surface area (Å²) in [5, 5.41) is 0. The molecule has 1 aliphatic heterocycles. The number of aryl methyl sites for hydroxylation is 1. The van der Waals surface area contributed by atoms with E-state index < -0.39 is 18.1 Å². The second kappa shape index (κ2) is 8.78. The molecule has 0 saturated carbocycles. The van der Waals surface area contributed by atoms with Gasteiger partial charge in [-0.3, -0.25) is 9.88 Å². The minimum atomic E-state index is -0.723. The molecule has 0 bridgehead atoms. The summed E-state index contributed by atoms with van der Waals surface area (Å²) in [4.78, 5) is 30.6. The van der Waals surface area contributed by atoms with Crippen molar-refractivity contribution in [1.82, 2.24) is 9.88 Å². The first kappa shape index (κ1) is 19.6. The molecule has 1 unspecified atom stereocenters. The first-order valence-electron chi connectivity index (χ1n) is 9.77.